The van der Waals surface area contributed by atoms with Gasteiger partial charge in [-0.1, -0.05) is 66.4 Å². The lowest BCUT2D eigenvalue weighted by molar-refractivity contribution is 0.306. The number of benzene rings is 3. The third-order valence-electron chi connectivity index (χ3n) is 4.04. The van der Waals surface area contributed by atoms with E-state index in [-0.39, 0.29) is 11.2 Å². The summed E-state index contributed by atoms with van der Waals surface area (Å²) in [6.07, 6.45) is 0. The van der Waals surface area contributed by atoms with Crippen LogP contribution < -0.4 is 10.2 Å². The number of hydrogen-bond acceptors (Lipinski definition) is 4. The predicted molar refractivity (Wildman–Crippen MR) is 104 cm³/mol. The average molecular weight is 364 g/mol. The minimum absolute atomic E-state index is 0.0938. The Labute approximate surface area is 155 Å². The van der Waals surface area contributed by atoms with Crippen LogP contribution in [0.15, 0.2) is 84.0 Å². The van der Waals surface area contributed by atoms with E-state index in [9.17, 15) is 4.39 Å². The quantitative estimate of drug-likeness (QED) is 0.684. The molecule has 3 aromatic carbocycles. The van der Waals surface area contributed by atoms with E-state index in [1.54, 1.807) is 23.9 Å². The molecule has 3 aromatic rings. The zero-order valence-corrected chi connectivity index (χ0v) is 14.7. The maximum absolute atomic E-state index is 12.9. The first-order chi connectivity index (χ1) is 12.8. The van der Waals surface area contributed by atoms with Gasteiger partial charge in [-0.15, -0.1) is 0 Å². The number of hydrogen-bond donors (Lipinski definition) is 1. The van der Waals surface area contributed by atoms with Crippen molar-refractivity contribution in [3.63, 3.8) is 0 Å². The molecule has 0 amide bonds. The summed E-state index contributed by atoms with van der Waals surface area (Å²) in [5, 5.41) is 5.52. The summed E-state index contributed by atoms with van der Waals surface area (Å²) >= 11 is 1.70. The van der Waals surface area contributed by atoms with Crippen molar-refractivity contribution in [2.24, 2.45) is 5.10 Å². The lowest BCUT2D eigenvalue weighted by Gasteiger charge is -2.11. The molecule has 0 unspecified atom stereocenters. The smallest absolute Gasteiger partial charge is 0.126 e. The average Bonchev–Trinajstić information content (AvgIpc) is 3.19. The molecule has 1 aliphatic rings. The van der Waals surface area contributed by atoms with Crippen molar-refractivity contribution in [1.29, 1.82) is 0 Å². The highest BCUT2D eigenvalue weighted by atomic mass is 32.2. The topological polar surface area (TPSA) is 33.6 Å². The van der Waals surface area contributed by atoms with Crippen LogP contribution in [0.1, 0.15) is 22.1 Å². The van der Waals surface area contributed by atoms with Gasteiger partial charge in [-0.05, 0) is 35.4 Å². The Balaban J connectivity index is 1.35. The van der Waals surface area contributed by atoms with Crippen molar-refractivity contribution >= 4 is 16.8 Å². The van der Waals surface area contributed by atoms with E-state index in [2.05, 4.69) is 22.7 Å². The van der Waals surface area contributed by atoms with E-state index in [4.69, 9.17) is 4.74 Å². The molecule has 0 radical (unpaired) electrons. The number of thioether (sulfide) groups is 1. The molecule has 0 bridgehead atoms. The van der Waals surface area contributed by atoms with Gasteiger partial charge < -0.3 is 4.74 Å². The molecule has 130 valence electrons. The summed E-state index contributed by atoms with van der Waals surface area (Å²) in [5.41, 5.74) is 6.37. The highest BCUT2D eigenvalue weighted by molar-refractivity contribution is 8.14. The predicted octanol–water partition coefficient (Wildman–Crippen LogP) is 5.10. The molecule has 26 heavy (non-hydrogen) atoms. The van der Waals surface area contributed by atoms with Gasteiger partial charge in [0.1, 0.15) is 28.6 Å². The molecule has 1 atom stereocenters. The molecule has 0 aromatic heterocycles. The third kappa shape index (κ3) is 3.89. The first-order valence-electron chi connectivity index (χ1n) is 8.30. The zero-order chi connectivity index (χ0) is 17.8. The van der Waals surface area contributed by atoms with Gasteiger partial charge in [-0.2, -0.15) is 5.10 Å². The van der Waals surface area contributed by atoms with Crippen molar-refractivity contribution < 1.29 is 9.13 Å². The largest absolute Gasteiger partial charge is 0.489 e. The van der Waals surface area contributed by atoms with Crippen LogP contribution in [0.5, 0.6) is 5.75 Å². The van der Waals surface area contributed by atoms with Gasteiger partial charge >= 0.3 is 0 Å². The van der Waals surface area contributed by atoms with E-state index in [1.165, 1.54) is 12.1 Å². The minimum Gasteiger partial charge on any atom is -0.489 e. The first kappa shape index (κ1) is 16.7. The van der Waals surface area contributed by atoms with Crippen LogP contribution in [0.2, 0.25) is 0 Å². The Bertz CT molecular complexity index is 896. The second kappa shape index (κ2) is 7.62. The van der Waals surface area contributed by atoms with Crippen molar-refractivity contribution in [2.75, 3.05) is 0 Å². The molecule has 0 fully saturated rings. The molecule has 0 saturated carbocycles. The normalized spacial score (nSPS) is 16.0. The molecule has 5 heteroatoms. The van der Waals surface area contributed by atoms with Crippen molar-refractivity contribution in [3.8, 4) is 5.75 Å². The van der Waals surface area contributed by atoms with Gasteiger partial charge in [0.15, 0.2) is 0 Å². The molecule has 0 saturated heterocycles. The standard InChI is InChI=1S/C21H17FN2OS/c22-18-10-6-15(7-11-18)14-25-19-12-8-17(9-13-19)21-24-23-20(26-21)16-4-2-1-3-5-16/h1-13,21,24H,14H2/t21-/m1/s1. The van der Waals surface area contributed by atoms with Gasteiger partial charge in [0.05, 0.1) is 0 Å². The van der Waals surface area contributed by atoms with Crippen LogP contribution in [0, 0.1) is 5.82 Å². The second-order valence-corrected chi connectivity index (χ2v) is 6.99. The van der Waals surface area contributed by atoms with Gasteiger partial charge in [0, 0.05) is 5.56 Å². The summed E-state index contributed by atoms with van der Waals surface area (Å²) in [6.45, 7) is 0.414. The molecular weight excluding hydrogens is 347 g/mol. The second-order valence-electron chi connectivity index (χ2n) is 5.89. The summed E-state index contributed by atoms with van der Waals surface area (Å²) < 4.78 is 18.7. The summed E-state index contributed by atoms with van der Waals surface area (Å²) in [7, 11) is 0. The minimum atomic E-state index is -0.239. The Morgan fingerprint density at radius 1 is 0.923 bits per heavy atom. The fourth-order valence-electron chi connectivity index (χ4n) is 2.62. The highest BCUT2D eigenvalue weighted by Gasteiger charge is 2.21. The van der Waals surface area contributed by atoms with E-state index >= 15 is 0 Å². The van der Waals surface area contributed by atoms with Crippen LogP contribution in [0.25, 0.3) is 0 Å². The number of nitrogens with one attached hydrogen (secondary N) is 1. The van der Waals surface area contributed by atoms with Crippen LogP contribution >= 0.6 is 11.8 Å². The number of ether oxygens (including phenoxy) is 1. The van der Waals surface area contributed by atoms with Gasteiger partial charge in [0.25, 0.3) is 0 Å². The molecule has 1 N–H and O–H groups in total. The van der Waals surface area contributed by atoms with Gasteiger partial charge in [-0.25, -0.2) is 4.39 Å². The lowest BCUT2D eigenvalue weighted by Crippen LogP contribution is -2.06. The van der Waals surface area contributed by atoms with E-state index in [0.29, 0.717) is 6.61 Å². The van der Waals surface area contributed by atoms with Crippen molar-refractivity contribution in [1.82, 2.24) is 5.43 Å². The van der Waals surface area contributed by atoms with Crippen LogP contribution in [0.4, 0.5) is 4.39 Å². The fraction of sp³-hybridized carbons (Fsp3) is 0.0952. The van der Waals surface area contributed by atoms with Crippen LogP contribution in [-0.4, -0.2) is 5.04 Å². The fourth-order valence-corrected chi connectivity index (χ4v) is 3.62. The van der Waals surface area contributed by atoms with Crippen molar-refractivity contribution in [2.45, 2.75) is 12.0 Å². The number of nitrogens with zero attached hydrogens (tertiary/aromatic N) is 1. The first-order valence-corrected chi connectivity index (χ1v) is 9.18. The highest BCUT2D eigenvalue weighted by Crippen LogP contribution is 2.34. The maximum Gasteiger partial charge on any atom is 0.126 e. The molecule has 3 nitrogen and oxygen atoms in total. The molecule has 4 rings (SSSR count). The summed E-state index contributed by atoms with van der Waals surface area (Å²) in [4.78, 5) is 0. The monoisotopic (exact) mass is 364 g/mol. The van der Waals surface area contributed by atoms with Crippen LogP contribution in [0.3, 0.4) is 0 Å². The maximum atomic E-state index is 12.9. The summed E-state index contributed by atoms with van der Waals surface area (Å²) in [6, 6.07) is 24.4. The van der Waals surface area contributed by atoms with Gasteiger partial charge in [-0.3, -0.25) is 5.43 Å². The summed E-state index contributed by atoms with van der Waals surface area (Å²) in [5.74, 6) is 0.544. The number of hydrazone groups is 1. The molecule has 0 spiro atoms. The Hall–Kier alpha value is -2.79. The number of rotatable bonds is 5. The molecule has 1 heterocycles. The van der Waals surface area contributed by atoms with E-state index < -0.39 is 0 Å². The van der Waals surface area contributed by atoms with E-state index in [1.807, 2.05) is 42.5 Å². The third-order valence-corrected chi connectivity index (χ3v) is 5.20. The zero-order valence-electron chi connectivity index (χ0n) is 13.9. The molecule has 1 aliphatic heterocycles. The Morgan fingerprint density at radius 2 is 1.65 bits per heavy atom. The van der Waals surface area contributed by atoms with E-state index in [0.717, 1.165) is 27.5 Å². The number of halogens is 1. The lowest BCUT2D eigenvalue weighted by atomic mass is 10.2. The molecule has 0 aliphatic carbocycles. The van der Waals surface area contributed by atoms with Crippen LogP contribution in [-0.2, 0) is 6.61 Å². The van der Waals surface area contributed by atoms with Crippen molar-refractivity contribution in [3.05, 3.63) is 101 Å². The van der Waals surface area contributed by atoms with Gasteiger partial charge in [0.2, 0.25) is 0 Å². The Kier molecular flexibility index (Phi) is 4.88. The molecular formula is C21H17FN2OS. The SMILES string of the molecule is Fc1ccc(COc2ccc([C@@H]3NN=C(c4ccccc4)S3)cc2)cc1. The Morgan fingerprint density at radius 3 is 2.38 bits per heavy atom.